The second kappa shape index (κ2) is 11.1. The van der Waals surface area contributed by atoms with Gasteiger partial charge in [-0.15, -0.1) is 0 Å². The van der Waals surface area contributed by atoms with Crippen LogP contribution >= 0.6 is 0 Å². The fraction of sp³-hybridized carbons (Fsp3) is 0.320. The molecule has 0 atom stereocenters. The molecule has 208 valence electrons. The van der Waals surface area contributed by atoms with Crippen LogP contribution in [0.3, 0.4) is 0 Å². The van der Waals surface area contributed by atoms with E-state index in [0.717, 1.165) is 18.2 Å². The van der Waals surface area contributed by atoms with Crippen molar-refractivity contribution >= 4 is 5.91 Å². The number of aromatic nitrogens is 2. The van der Waals surface area contributed by atoms with Crippen molar-refractivity contribution in [2.75, 3.05) is 0 Å². The van der Waals surface area contributed by atoms with Gasteiger partial charge in [0.2, 0.25) is 5.91 Å². The lowest BCUT2D eigenvalue weighted by Gasteiger charge is -2.34. The molecule has 0 bridgehead atoms. The van der Waals surface area contributed by atoms with Crippen molar-refractivity contribution in [3.63, 3.8) is 0 Å². The summed E-state index contributed by atoms with van der Waals surface area (Å²) in [7, 11) is 0. The molecule has 2 aromatic carbocycles. The van der Waals surface area contributed by atoms with Gasteiger partial charge in [-0.25, -0.2) is 26.9 Å². The molecule has 6 nitrogen and oxygen atoms in total. The lowest BCUT2D eigenvalue weighted by molar-refractivity contribution is -0.137. The van der Waals surface area contributed by atoms with Gasteiger partial charge in [0.1, 0.15) is 17.3 Å². The van der Waals surface area contributed by atoms with E-state index in [1.54, 1.807) is 0 Å². The number of benzene rings is 2. The van der Waals surface area contributed by atoms with E-state index in [4.69, 9.17) is 4.74 Å². The second-order valence-electron chi connectivity index (χ2n) is 8.85. The minimum absolute atomic E-state index is 0.0152. The van der Waals surface area contributed by atoms with Crippen LogP contribution in [0.25, 0.3) is 11.4 Å². The Bertz CT molecular complexity index is 1440. The average Bonchev–Trinajstić information content (AvgIpc) is 2.83. The van der Waals surface area contributed by atoms with Crippen LogP contribution in [0.2, 0.25) is 0 Å². The molecule has 1 aromatic heterocycles. The van der Waals surface area contributed by atoms with Crippen molar-refractivity contribution in [2.45, 2.75) is 44.7 Å². The Balaban J connectivity index is 1.43. The smallest absolute Gasteiger partial charge is 0.373 e. The summed E-state index contributed by atoms with van der Waals surface area (Å²) in [5, 5.41) is 2.41. The van der Waals surface area contributed by atoms with E-state index in [1.165, 1.54) is 6.07 Å². The van der Waals surface area contributed by atoms with Crippen molar-refractivity contribution in [2.24, 2.45) is 5.92 Å². The van der Waals surface area contributed by atoms with Crippen molar-refractivity contribution < 1.29 is 44.7 Å². The molecule has 1 aliphatic rings. The molecule has 1 aliphatic carbocycles. The summed E-state index contributed by atoms with van der Waals surface area (Å²) >= 11 is 0. The third-order valence-electron chi connectivity index (χ3n) is 6.14. The molecule has 39 heavy (non-hydrogen) atoms. The third-order valence-corrected chi connectivity index (χ3v) is 6.14. The zero-order chi connectivity index (χ0) is 28.5. The predicted molar refractivity (Wildman–Crippen MR) is 120 cm³/mol. The van der Waals surface area contributed by atoms with Gasteiger partial charge in [-0.05, 0) is 36.6 Å². The number of halogens is 8. The summed E-state index contributed by atoms with van der Waals surface area (Å²) in [6, 6.07) is 4.96. The van der Waals surface area contributed by atoms with E-state index in [-0.39, 0.29) is 25.6 Å². The lowest BCUT2D eigenvalue weighted by atomic mass is 9.81. The van der Waals surface area contributed by atoms with E-state index in [0.29, 0.717) is 17.7 Å². The number of hydrogen-bond donors (Lipinski definition) is 2. The molecule has 1 saturated carbocycles. The largest absolute Gasteiger partial charge is 0.417 e. The van der Waals surface area contributed by atoms with Gasteiger partial charge >= 0.3 is 6.18 Å². The van der Waals surface area contributed by atoms with Crippen LogP contribution in [-0.4, -0.2) is 22.0 Å². The predicted octanol–water partition coefficient (Wildman–Crippen LogP) is 5.42. The van der Waals surface area contributed by atoms with Crippen LogP contribution < -0.4 is 10.9 Å². The zero-order valence-electron chi connectivity index (χ0n) is 19.7. The summed E-state index contributed by atoms with van der Waals surface area (Å²) in [5.74, 6) is -5.63. The molecule has 2 N–H and O–H groups in total. The number of H-pyrrole nitrogens is 1. The topological polar surface area (TPSA) is 84.1 Å². The van der Waals surface area contributed by atoms with E-state index < -0.39 is 82.2 Å². The van der Waals surface area contributed by atoms with Gasteiger partial charge in [0, 0.05) is 24.1 Å². The van der Waals surface area contributed by atoms with Crippen molar-refractivity contribution in [1.29, 1.82) is 0 Å². The number of hydrogen-bond acceptors (Lipinski definition) is 4. The van der Waals surface area contributed by atoms with Gasteiger partial charge in [0.15, 0.2) is 11.6 Å². The molecule has 14 heteroatoms. The highest BCUT2D eigenvalue weighted by Gasteiger charge is 2.38. The first-order valence-electron chi connectivity index (χ1n) is 11.4. The number of rotatable bonds is 8. The number of alkyl halides is 5. The monoisotopic (exact) mass is 561 g/mol. The van der Waals surface area contributed by atoms with E-state index in [2.05, 4.69) is 10.3 Å². The number of amides is 1. The summed E-state index contributed by atoms with van der Waals surface area (Å²) in [4.78, 5) is 29.3. The number of ether oxygens (including phenoxy) is 1. The Morgan fingerprint density at radius 1 is 1.08 bits per heavy atom. The van der Waals surface area contributed by atoms with Crippen LogP contribution in [0.15, 0.2) is 41.2 Å². The minimum Gasteiger partial charge on any atom is -0.373 e. The zero-order valence-corrected chi connectivity index (χ0v) is 19.7. The number of nitrogens with zero attached hydrogens (tertiary/aromatic N) is 1. The molecule has 1 amide bonds. The summed E-state index contributed by atoms with van der Waals surface area (Å²) in [5.41, 5.74) is -5.13. The first kappa shape index (κ1) is 28.2. The molecule has 0 unspecified atom stereocenters. The highest BCUT2D eigenvalue weighted by Crippen LogP contribution is 2.39. The molecule has 1 heterocycles. The normalized spacial score (nSPS) is 17.3. The van der Waals surface area contributed by atoms with Gasteiger partial charge in [0.05, 0.1) is 23.8 Å². The van der Waals surface area contributed by atoms with Gasteiger partial charge in [0.25, 0.3) is 12.0 Å². The maximum Gasteiger partial charge on any atom is 0.417 e. The standard InChI is InChI=1S/C25H19F8N3O3/c26-16-4-1-11(5-17(16)27)10-39-14-6-13(7-14)24(38)34-9-12-2-3-15(25(31,32)33)20(21(12)28)23-35-18(22(29)30)8-19(37)36-23/h1-5,8,13-14,22H,6-7,9-10H2,(H,34,38)(H,35,36,37). The Kier molecular flexibility index (Phi) is 8.04. The summed E-state index contributed by atoms with van der Waals surface area (Å²) in [6.45, 7) is -0.551. The SMILES string of the molecule is O=C(NCc1ccc(C(F)(F)F)c(-c2nc(C(F)F)cc(=O)[nH]2)c1F)C1CC(OCc2ccc(F)c(F)c2)C1. The highest BCUT2D eigenvalue weighted by molar-refractivity contribution is 5.79. The van der Waals surface area contributed by atoms with Crippen LogP contribution in [0.4, 0.5) is 35.1 Å². The summed E-state index contributed by atoms with van der Waals surface area (Å²) in [6.07, 6.45) is -8.23. The molecule has 1 fully saturated rings. The van der Waals surface area contributed by atoms with Crippen LogP contribution in [0.1, 0.15) is 41.7 Å². The fourth-order valence-corrected chi connectivity index (χ4v) is 4.02. The quantitative estimate of drug-likeness (QED) is 0.360. The molecule has 0 aliphatic heterocycles. The molecule has 0 spiro atoms. The number of carbonyl (C=O) groups is 1. The van der Waals surface area contributed by atoms with Gasteiger partial charge in [-0.2, -0.15) is 13.2 Å². The Labute approximate surface area is 215 Å². The van der Waals surface area contributed by atoms with Gasteiger partial charge < -0.3 is 15.0 Å². The Morgan fingerprint density at radius 2 is 1.79 bits per heavy atom. The lowest BCUT2D eigenvalue weighted by Crippen LogP contribution is -2.42. The molecule has 3 aromatic rings. The summed E-state index contributed by atoms with van der Waals surface area (Å²) < 4.78 is 114. The number of carbonyl (C=O) groups excluding carboxylic acids is 1. The molecule has 0 radical (unpaired) electrons. The van der Waals surface area contributed by atoms with E-state index in [9.17, 15) is 40.3 Å². The maximum absolute atomic E-state index is 15.3. The highest BCUT2D eigenvalue weighted by atomic mass is 19.4. The number of nitrogens with one attached hydrogen (secondary N) is 2. The average molecular weight is 561 g/mol. The van der Waals surface area contributed by atoms with Crippen molar-refractivity contribution in [3.05, 3.63) is 86.6 Å². The Morgan fingerprint density at radius 3 is 2.44 bits per heavy atom. The molecular weight excluding hydrogens is 542 g/mol. The third kappa shape index (κ3) is 6.44. The van der Waals surface area contributed by atoms with Crippen LogP contribution in [0.5, 0.6) is 0 Å². The first-order valence-corrected chi connectivity index (χ1v) is 11.4. The second-order valence-corrected chi connectivity index (χ2v) is 8.85. The van der Waals surface area contributed by atoms with Gasteiger partial charge in [-0.1, -0.05) is 12.1 Å². The Hall–Kier alpha value is -3.81. The molecular formula is C25H19F8N3O3. The molecule has 0 saturated heterocycles. The van der Waals surface area contributed by atoms with Crippen LogP contribution in [-0.2, 0) is 28.9 Å². The molecule has 4 rings (SSSR count). The van der Waals surface area contributed by atoms with Crippen LogP contribution in [0, 0.1) is 23.4 Å². The van der Waals surface area contributed by atoms with E-state index in [1.807, 2.05) is 4.98 Å². The number of aromatic amines is 1. The first-order chi connectivity index (χ1) is 18.3. The van der Waals surface area contributed by atoms with E-state index >= 15 is 4.39 Å². The van der Waals surface area contributed by atoms with Crippen molar-refractivity contribution in [3.8, 4) is 11.4 Å². The van der Waals surface area contributed by atoms with Gasteiger partial charge in [-0.3, -0.25) is 9.59 Å². The van der Waals surface area contributed by atoms with Crippen molar-refractivity contribution in [1.82, 2.24) is 15.3 Å². The minimum atomic E-state index is -5.11. The maximum atomic E-state index is 15.3. The fourth-order valence-electron chi connectivity index (χ4n) is 4.02.